The largest absolute Gasteiger partial charge is 0.355 e. The zero-order valence-corrected chi connectivity index (χ0v) is 18.6. The topological polar surface area (TPSA) is 63.1 Å². The van der Waals surface area contributed by atoms with Crippen LogP contribution in [0.25, 0.3) is 0 Å². The summed E-state index contributed by atoms with van der Waals surface area (Å²) in [5.41, 5.74) is 0.998. The normalized spacial score (nSPS) is 12.3. The molecule has 8 heteroatoms. The van der Waals surface area contributed by atoms with Gasteiger partial charge in [0.2, 0.25) is 5.91 Å². The monoisotopic (exact) mass is 421 g/mol. The fraction of sp³-hybridized carbons (Fsp3) is 0.571. The van der Waals surface area contributed by atoms with Crippen LogP contribution in [0.3, 0.4) is 0 Å². The molecule has 1 aromatic heterocycles. The minimum absolute atomic E-state index is 0.0386. The van der Waals surface area contributed by atoms with E-state index in [1.54, 1.807) is 12.1 Å². The average Bonchev–Trinajstić information content (AvgIpc) is 3.09. The van der Waals surface area contributed by atoms with Gasteiger partial charge >= 0.3 is 0 Å². The van der Waals surface area contributed by atoms with Gasteiger partial charge in [-0.3, -0.25) is 9.69 Å². The molecule has 0 spiro atoms. The van der Waals surface area contributed by atoms with Crippen LogP contribution in [0.5, 0.6) is 0 Å². The Morgan fingerprint density at radius 3 is 2.59 bits per heavy atom. The molecule has 0 saturated carbocycles. The minimum Gasteiger partial charge on any atom is -0.355 e. The van der Waals surface area contributed by atoms with E-state index in [4.69, 9.17) is 0 Å². The molecule has 0 unspecified atom stereocenters. The van der Waals surface area contributed by atoms with Gasteiger partial charge < -0.3 is 9.88 Å². The number of rotatable bonds is 12. The van der Waals surface area contributed by atoms with E-state index in [1.165, 1.54) is 23.9 Å². The number of hydrogen-bond donors (Lipinski definition) is 1. The van der Waals surface area contributed by atoms with E-state index >= 15 is 0 Å². The second-order valence-corrected chi connectivity index (χ2v) is 8.19. The molecule has 1 atom stereocenters. The van der Waals surface area contributed by atoms with Gasteiger partial charge in [0.05, 0.1) is 11.8 Å². The Morgan fingerprint density at radius 2 is 1.97 bits per heavy atom. The van der Waals surface area contributed by atoms with Crippen LogP contribution in [0, 0.1) is 5.82 Å². The number of carbonyl (C=O) groups is 1. The zero-order chi connectivity index (χ0) is 21.2. The molecular weight excluding hydrogens is 389 g/mol. The molecule has 160 valence electrons. The van der Waals surface area contributed by atoms with E-state index in [0.717, 1.165) is 42.4 Å². The van der Waals surface area contributed by atoms with Crippen molar-refractivity contribution in [2.45, 2.75) is 57.3 Å². The number of carbonyl (C=O) groups excluding carboxylic acids is 1. The van der Waals surface area contributed by atoms with Gasteiger partial charge in [-0.25, -0.2) is 4.39 Å². The van der Waals surface area contributed by atoms with Gasteiger partial charge in [-0.1, -0.05) is 44.2 Å². The number of benzene rings is 1. The zero-order valence-electron chi connectivity index (χ0n) is 17.8. The lowest BCUT2D eigenvalue weighted by Gasteiger charge is -2.23. The van der Waals surface area contributed by atoms with Gasteiger partial charge in [0.15, 0.2) is 11.0 Å². The first kappa shape index (κ1) is 23.3. The lowest BCUT2D eigenvalue weighted by Crippen LogP contribution is -2.27. The Bertz CT molecular complexity index is 763. The van der Waals surface area contributed by atoms with Crippen LogP contribution in [0.4, 0.5) is 4.39 Å². The van der Waals surface area contributed by atoms with Crippen molar-refractivity contribution in [3.8, 4) is 0 Å². The van der Waals surface area contributed by atoms with Crippen molar-refractivity contribution in [2.75, 3.05) is 26.4 Å². The first-order valence-corrected chi connectivity index (χ1v) is 11.2. The predicted octanol–water partition coefficient (Wildman–Crippen LogP) is 3.68. The fourth-order valence-electron chi connectivity index (χ4n) is 3.14. The summed E-state index contributed by atoms with van der Waals surface area (Å²) in [5.74, 6) is 0.973. The van der Waals surface area contributed by atoms with Gasteiger partial charge in [-0.05, 0) is 51.1 Å². The van der Waals surface area contributed by atoms with Crippen molar-refractivity contribution in [3.63, 3.8) is 0 Å². The maximum atomic E-state index is 12.9. The molecule has 29 heavy (non-hydrogen) atoms. The van der Waals surface area contributed by atoms with Crippen LogP contribution < -0.4 is 5.32 Å². The first-order chi connectivity index (χ1) is 14.0. The second kappa shape index (κ2) is 11.9. The van der Waals surface area contributed by atoms with E-state index in [1.807, 2.05) is 14.1 Å². The highest BCUT2D eigenvalue weighted by Gasteiger charge is 2.22. The van der Waals surface area contributed by atoms with E-state index in [2.05, 4.69) is 38.8 Å². The Hall–Kier alpha value is -1.93. The van der Waals surface area contributed by atoms with E-state index < -0.39 is 0 Å². The number of unbranched alkanes of at least 4 members (excludes halogenated alkanes) is 1. The Morgan fingerprint density at radius 1 is 1.24 bits per heavy atom. The molecule has 0 aliphatic rings. The highest BCUT2D eigenvalue weighted by molar-refractivity contribution is 7.99. The molecule has 0 saturated heterocycles. The van der Waals surface area contributed by atoms with E-state index in [-0.39, 0.29) is 17.8 Å². The lowest BCUT2D eigenvalue weighted by atomic mass is 10.1. The molecule has 2 aromatic rings. The molecule has 1 N–H and O–H groups in total. The van der Waals surface area contributed by atoms with Crippen molar-refractivity contribution in [1.29, 1.82) is 0 Å². The number of aromatic nitrogens is 3. The van der Waals surface area contributed by atoms with Crippen LogP contribution in [0.15, 0.2) is 29.4 Å². The molecule has 1 aromatic carbocycles. The average molecular weight is 422 g/mol. The highest BCUT2D eigenvalue weighted by atomic mass is 32.2. The SMILES string of the molecule is CCCCn1c(SCC(=O)NCCc2ccc(F)cc2)nnc1[C@@H](CC)N(C)C. The van der Waals surface area contributed by atoms with Crippen molar-refractivity contribution in [1.82, 2.24) is 25.0 Å². The third-order valence-corrected chi connectivity index (χ3v) is 5.74. The molecule has 0 radical (unpaired) electrons. The van der Waals surface area contributed by atoms with Crippen LogP contribution in [0.1, 0.15) is 50.5 Å². The molecule has 6 nitrogen and oxygen atoms in total. The van der Waals surface area contributed by atoms with Crippen LogP contribution in [-0.2, 0) is 17.8 Å². The molecule has 2 rings (SSSR count). The van der Waals surface area contributed by atoms with Gasteiger partial charge in [0.1, 0.15) is 5.82 Å². The van der Waals surface area contributed by atoms with Crippen LogP contribution in [-0.4, -0.2) is 52.0 Å². The molecular formula is C21H32FN5OS. The summed E-state index contributed by atoms with van der Waals surface area (Å²) in [6.07, 6.45) is 3.76. The number of amides is 1. The molecule has 1 heterocycles. The predicted molar refractivity (Wildman–Crippen MR) is 115 cm³/mol. The molecule has 0 aliphatic heterocycles. The smallest absolute Gasteiger partial charge is 0.230 e. The molecule has 1 amide bonds. The van der Waals surface area contributed by atoms with Crippen molar-refractivity contribution in [3.05, 3.63) is 41.5 Å². The van der Waals surface area contributed by atoms with Crippen molar-refractivity contribution in [2.24, 2.45) is 0 Å². The van der Waals surface area contributed by atoms with Gasteiger partial charge in [-0.15, -0.1) is 10.2 Å². The summed E-state index contributed by atoms with van der Waals surface area (Å²) in [4.78, 5) is 14.4. The Balaban J connectivity index is 1.91. The Kier molecular flexibility index (Phi) is 9.60. The summed E-state index contributed by atoms with van der Waals surface area (Å²) < 4.78 is 15.1. The third-order valence-electron chi connectivity index (χ3n) is 4.77. The van der Waals surface area contributed by atoms with Crippen LogP contribution in [0.2, 0.25) is 0 Å². The maximum Gasteiger partial charge on any atom is 0.230 e. The quantitative estimate of drug-likeness (QED) is 0.530. The maximum absolute atomic E-state index is 12.9. The summed E-state index contributed by atoms with van der Waals surface area (Å²) in [7, 11) is 4.10. The summed E-state index contributed by atoms with van der Waals surface area (Å²) in [5, 5.41) is 12.5. The number of thioether (sulfide) groups is 1. The lowest BCUT2D eigenvalue weighted by molar-refractivity contribution is -0.118. The van der Waals surface area contributed by atoms with Crippen molar-refractivity contribution >= 4 is 17.7 Å². The molecule has 0 fully saturated rings. The summed E-state index contributed by atoms with van der Waals surface area (Å²) >= 11 is 1.42. The van der Waals surface area contributed by atoms with Crippen LogP contribution >= 0.6 is 11.8 Å². The van der Waals surface area contributed by atoms with Gasteiger partial charge in [0.25, 0.3) is 0 Å². The molecule has 0 bridgehead atoms. The number of halogens is 1. The first-order valence-electron chi connectivity index (χ1n) is 10.2. The second-order valence-electron chi connectivity index (χ2n) is 7.25. The van der Waals surface area contributed by atoms with E-state index in [0.29, 0.717) is 18.7 Å². The molecule has 0 aliphatic carbocycles. The van der Waals surface area contributed by atoms with E-state index in [9.17, 15) is 9.18 Å². The number of nitrogens with zero attached hydrogens (tertiary/aromatic N) is 4. The standard InChI is InChI=1S/C21H32FN5OS/c1-5-7-14-27-20(18(6-2)26(3)4)24-25-21(27)29-15-19(28)23-13-12-16-8-10-17(22)11-9-16/h8-11,18H,5-7,12-15H2,1-4H3,(H,23,28)/t18-/m1/s1. The van der Waals surface area contributed by atoms with Gasteiger partial charge in [0, 0.05) is 13.1 Å². The van der Waals surface area contributed by atoms with Crippen molar-refractivity contribution < 1.29 is 9.18 Å². The minimum atomic E-state index is -0.250. The number of hydrogen-bond acceptors (Lipinski definition) is 5. The van der Waals surface area contributed by atoms with Gasteiger partial charge in [-0.2, -0.15) is 0 Å². The number of nitrogens with one attached hydrogen (secondary N) is 1. The highest BCUT2D eigenvalue weighted by Crippen LogP contribution is 2.25. The summed E-state index contributed by atoms with van der Waals surface area (Å²) in [6.45, 7) is 5.69. The summed E-state index contributed by atoms with van der Waals surface area (Å²) in [6, 6.07) is 6.56. The fourth-order valence-corrected chi connectivity index (χ4v) is 3.94. The third kappa shape index (κ3) is 7.12. The Labute approximate surface area is 177 Å².